The standard InChI is InChI=1S/C13H16O5/c1-10(15)18-12(7-8-14)13(16)17-9-11-5-3-2-4-6-11/h2-6,12,14H,7-9H2,1H3/t12-/m1/s1. The average molecular weight is 252 g/mol. The van der Waals surface area contributed by atoms with Gasteiger partial charge in [-0.05, 0) is 5.56 Å². The molecular weight excluding hydrogens is 236 g/mol. The highest BCUT2D eigenvalue weighted by molar-refractivity contribution is 5.78. The molecule has 1 aromatic carbocycles. The topological polar surface area (TPSA) is 72.8 Å². The lowest BCUT2D eigenvalue weighted by atomic mass is 10.2. The van der Waals surface area contributed by atoms with Crippen LogP contribution in [0.1, 0.15) is 18.9 Å². The summed E-state index contributed by atoms with van der Waals surface area (Å²) in [5.74, 6) is -1.23. The molecule has 18 heavy (non-hydrogen) atoms. The van der Waals surface area contributed by atoms with Crippen molar-refractivity contribution in [2.45, 2.75) is 26.1 Å². The van der Waals surface area contributed by atoms with Gasteiger partial charge in [-0.3, -0.25) is 4.79 Å². The van der Waals surface area contributed by atoms with Crippen molar-refractivity contribution >= 4 is 11.9 Å². The van der Waals surface area contributed by atoms with Crippen molar-refractivity contribution < 1.29 is 24.2 Å². The fourth-order valence-corrected chi connectivity index (χ4v) is 1.36. The Bertz CT molecular complexity index is 388. The zero-order valence-corrected chi connectivity index (χ0v) is 10.2. The molecule has 5 heteroatoms. The summed E-state index contributed by atoms with van der Waals surface area (Å²) >= 11 is 0. The number of carbonyl (C=O) groups is 2. The van der Waals surface area contributed by atoms with E-state index in [0.29, 0.717) is 0 Å². The van der Waals surface area contributed by atoms with Crippen molar-refractivity contribution in [3.8, 4) is 0 Å². The minimum absolute atomic E-state index is 0.0349. The molecule has 1 rings (SSSR count). The molecule has 1 atom stereocenters. The Morgan fingerprint density at radius 3 is 2.50 bits per heavy atom. The number of aliphatic hydroxyl groups is 1. The van der Waals surface area contributed by atoms with Crippen LogP contribution >= 0.6 is 0 Å². The van der Waals surface area contributed by atoms with Crippen LogP contribution in [-0.2, 0) is 25.7 Å². The van der Waals surface area contributed by atoms with E-state index in [-0.39, 0.29) is 19.6 Å². The highest BCUT2D eigenvalue weighted by Crippen LogP contribution is 2.06. The number of ether oxygens (including phenoxy) is 2. The van der Waals surface area contributed by atoms with Gasteiger partial charge in [-0.2, -0.15) is 0 Å². The molecular formula is C13H16O5. The van der Waals surface area contributed by atoms with Crippen LogP contribution in [0.2, 0.25) is 0 Å². The van der Waals surface area contributed by atoms with Crippen molar-refractivity contribution in [1.29, 1.82) is 0 Å². The van der Waals surface area contributed by atoms with Crippen LogP contribution < -0.4 is 0 Å². The van der Waals surface area contributed by atoms with Crippen LogP contribution in [0.4, 0.5) is 0 Å². The van der Waals surface area contributed by atoms with Gasteiger partial charge >= 0.3 is 11.9 Å². The predicted octanol–water partition coefficient (Wildman–Crippen LogP) is 1.04. The third kappa shape index (κ3) is 4.97. The first-order valence-electron chi connectivity index (χ1n) is 5.62. The Labute approximate surface area is 105 Å². The second-order valence-corrected chi connectivity index (χ2v) is 3.70. The Balaban J connectivity index is 2.48. The molecule has 0 fully saturated rings. The summed E-state index contributed by atoms with van der Waals surface area (Å²) < 4.78 is 9.78. The summed E-state index contributed by atoms with van der Waals surface area (Å²) in [7, 11) is 0. The largest absolute Gasteiger partial charge is 0.458 e. The van der Waals surface area contributed by atoms with Gasteiger partial charge in [0.05, 0.1) is 0 Å². The lowest BCUT2D eigenvalue weighted by Gasteiger charge is -2.14. The van der Waals surface area contributed by atoms with Crippen LogP contribution in [0, 0.1) is 0 Å². The summed E-state index contributed by atoms with van der Waals surface area (Å²) in [6, 6.07) is 9.17. The number of hydrogen-bond acceptors (Lipinski definition) is 5. The van der Waals surface area contributed by atoms with Crippen LogP contribution in [0.25, 0.3) is 0 Å². The Morgan fingerprint density at radius 2 is 1.94 bits per heavy atom. The van der Waals surface area contributed by atoms with E-state index in [0.717, 1.165) is 5.56 Å². The van der Waals surface area contributed by atoms with Gasteiger partial charge in [0.2, 0.25) is 6.10 Å². The Morgan fingerprint density at radius 1 is 1.28 bits per heavy atom. The Hall–Kier alpha value is -1.88. The number of esters is 2. The second kappa shape index (κ2) is 7.45. The van der Waals surface area contributed by atoms with Crippen LogP contribution in [0.15, 0.2) is 30.3 Å². The lowest BCUT2D eigenvalue weighted by Crippen LogP contribution is -2.29. The molecule has 0 heterocycles. The SMILES string of the molecule is CC(=O)O[C@H](CCO)C(=O)OCc1ccccc1. The zero-order chi connectivity index (χ0) is 13.4. The molecule has 0 amide bonds. The van der Waals surface area contributed by atoms with E-state index in [4.69, 9.17) is 14.6 Å². The average Bonchev–Trinajstić information content (AvgIpc) is 2.36. The molecule has 0 bridgehead atoms. The van der Waals surface area contributed by atoms with E-state index < -0.39 is 18.0 Å². The predicted molar refractivity (Wildman–Crippen MR) is 63.5 cm³/mol. The van der Waals surface area contributed by atoms with Gasteiger partial charge in [-0.15, -0.1) is 0 Å². The number of carbonyl (C=O) groups excluding carboxylic acids is 2. The second-order valence-electron chi connectivity index (χ2n) is 3.70. The van der Waals surface area contributed by atoms with Gasteiger partial charge < -0.3 is 14.6 Å². The molecule has 1 N–H and O–H groups in total. The monoisotopic (exact) mass is 252 g/mol. The molecule has 0 aliphatic carbocycles. The molecule has 0 saturated carbocycles. The molecule has 0 aliphatic rings. The maximum atomic E-state index is 11.6. The van der Waals surface area contributed by atoms with Crippen LogP contribution in [-0.4, -0.2) is 29.8 Å². The van der Waals surface area contributed by atoms with Crippen molar-refractivity contribution in [2.24, 2.45) is 0 Å². The normalized spacial score (nSPS) is 11.7. The van der Waals surface area contributed by atoms with Crippen LogP contribution in [0.3, 0.4) is 0 Å². The fraction of sp³-hybridized carbons (Fsp3) is 0.385. The van der Waals surface area contributed by atoms with Crippen molar-refractivity contribution in [3.05, 3.63) is 35.9 Å². The molecule has 0 saturated heterocycles. The fourth-order valence-electron chi connectivity index (χ4n) is 1.36. The number of aliphatic hydroxyl groups excluding tert-OH is 1. The molecule has 0 spiro atoms. The lowest BCUT2D eigenvalue weighted by molar-refractivity contribution is -0.168. The highest BCUT2D eigenvalue weighted by atomic mass is 16.6. The van der Waals surface area contributed by atoms with Gasteiger partial charge in [0.15, 0.2) is 0 Å². The van der Waals surface area contributed by atoms with Gasteiger partial charge in [-0.1, -0.05) is 30.3 Å². The maximum Gasteiger partial charge on any atom is 0.347 e. The quantitative estimate of drug-likeness (QED) is 0.766. The van der Waals surface area contributed by atoms with Gasteiger partial charge in [0.1, 0.15) is 6.61 Å². The molecule has 1 aromatic rings. The van der Waals surface area contributed by atoms with E-state index >= 15 is 0 Å². The number of benzene rings is 1. The summed E-state index contributed by atoms with van der Waals surface area (Å²) in [4.78, 5) is 22.4. The molecule has 0 aliphatic heterocycles. The van der Waals surface area contributed by atoms with E-state index in [1.165, 1.54) is 6.92 Å². The minimum atomic E-state index is -1.05. The Kier molecular flexibility index (Phi) is 5.87. The van der Waals surface area contributed by atoms with Gasteiger partial charge in [0, 0.05) is 20.0 Å². The molecule has 0 radical (unpaired) electrons. The summed E-state index contributed by atoms with van der Waals surface area (Å²) in [6.45, 7) is 1.07. The first-order chi connectivity index (χ1) is 8.63. The molecule has 5 nitrogen and oxygen atoms in total. The molecule has 98 valence electrons. The highest BCUT2D eigenvalue weighted by Gasteiger charge is 2.22. The summed E-state index contributed by atoms with van der Waals surface area (Å²) in [5.41, 5.74) is 0.844. The number of rotatable bonds is 6. The maximum absolute atomic E-state index is 11.6. The first kappa shape index (κ1) is 14.2. The smallest absolute Gasteiger partial charge is 0.347 e. The third-order valence-corrected chi connectivity index (χ3v) is 2.19. The summed E-state index contributed by atoms with van der Waals surface area (Å²) in [6.07, 6.45) is -1.01. The number of hydrogen-bond donors (Lipinski definition) is 1. The zero-order valence-electron chi connectivity index (χ0n) is 10.2. The van der Waals surface area contributed by atoms with Crippen LogP contribution in [0.5, 0.6) is 0 Å². The van der Waals surface area contributed by atoms with E-state index in [2.05, 4.69) is 0 Å². The van der Waals surface area contributed by atoms with Gasteiger partial charge in [-0.25, -0.2) is 4.79 Å². The minimum Gasteiger partial charge on any atom is -0.458 e. The van der Waals surface area contributed by atoms with Crippen molar-refractivity contribution in [2.75, 3.05) is 6.61 Å². The van der Waals surface area contributed by atoms with E-state index in [1.807, 2.05) is 30.3 Å². The third-order valence-electron chi connectivity index (χ3n) is 2.19. The summed E-state index contributed by atoms with van der Waals surface area (Å²) in [5, 5.41) is 8.78. The molecule has 0 unspecified atom stereocenters. The van der Waals surface area contributed by atoms with Gasteiger partial charge in [0.25, 0.3) is 0 Å². The van der Waals surface area contributed by atoms with Crippen molar-refractivity contribution in [3.63, 3.8) is 0 Å². The first-order valence-corrected chi connectivity index (χ1v) is 5.62. The van der Waals surface area contributed by atoms with Crippen molar-refractivity contribution in [1.82, 2.24) is 0 Å². The van der Waals surface area contributed by atoms with E-state index in [9.17, 15) is 9.59 Å². The molecule has 0 aromatic heterocycles. The van der Waals surface area contributed by atoms with E-state index in [1.54, 1.807) is 0 Å².